The van der Waals surface area contributed by atoms with E-state index in [2.05, 4.69) is 0 Å². The van der Waals surface area contributed by atoms with Crippen LogP contribution in [0.3, 0.4) is 0 Å². The molecular weight excluding hydrogens is 180 g/mol. The first-order valence-corrected chi connectivity index (χ1v) is 4.47. The van der Waals surface area contributed by atoms with E-state index in [-0.39, 0.29) is 0 Å². The van der Waals surface area contributed by atoms with Gasteiger partial charge in [-0.15, -0.1) is 0 Å². The predicted octanol–water partition coefficient (Wildman–Crippen LogP) is 1.61. The van der Waals surface area contributed by atoms with Crippen LogP contribution >= 0.6 is 0 Å². The van der Waals surface area contributed by atoms with Crippen molar-refractivity contribution in [2.45, 2.75) is 19.4 Å². The summed E-state index contributed by atoms with van der Waals surface area (Å²) in [7, 11) is 0. The van der Waals surface area contributed by atoms with Crippen LogP contribution in [0.2, 0.25) is 0 Å². The number of aliphatic hydroxyl groups is 1. The standard InChI is InChI=1S/C11H14O3/c1-8(10(12)13)11(2,14)9-6-4-3-5-7-9/h3-8,14H,1-2H3,(H,12,13)/t8-,11-/m0/s1. The topological polar surface area (TPSA) is 57.5 Å². The Hall–Kier alpha value is -1.35. The molecule has 76 valence electrons. The third kappa shape index (κ3) is 1.93. The molecule has 1 aromatic rings. The second-order valence-electron chi connectivity index (χ2n) is 3.57. The average Bonchev–Trinajstić information content (AvgIpc) is 2.18. The Balaban J connectivity index is 3.02. The highest BCUT2D eigenvalue weighted by Gasteiger charge is 2.35. The quantitative estimate of drug-likeness (QED) is 0.768. The van der Waals surface area contributed by atoms with Crippen LogP contribution in [0.1, 0.15) is 19.4 Å². The first-order chi connectivity index (χ1) is 6.46. The van der Waals surface area contributed by atoms with E-state index < -0.39 is 17.5 Å². The van der Waals surface area contributed by atoms with Gasteiger partial charge in [-0.05, 0) is 19.4 Å². The molecule has 0 fully saturated rings. The molecule has 0 aliphatic rings. The van der Waals surface area contributed by atoms with Crippen LogP contribution in [0.5, 0.6) is 0 Å². The van der Waals surface area contributed by atoms with Gasteiger partial charge in [0.1, 0.15) is 0 Å². The molecule has 0 bridgehead atoms. The molecule has 0 heterocycles. The van der Waals surface area contributed by atoms with E-state index in [1.165, 1.54) is 13.8 Å². The maximum absolute atomic E-state index is 10.8. The van der Waals surface area contributed by atoms with E-state index in [1.807, 2.05) is 6.07 Å². The summed E-state index contributed by atoms with van der Waals surface area (Å²) in [5.41, 5.74) is -0.706. The first kappa shape index (κ1) is 10.7. The Bertz CT molecular complexity index is 317. The summed E-state index contributed by atoms with van der Waals surface area (Å²) in [5.74, 6) is -1.83. The maximum atomic E-state index is 10.8. The van der Waals surface area contributed by atoms with E-state index in [0.29, 0.717) is 5.56 Å². The average molecular weight is 194 g/mol. The van der Waals surface area contributed by atoms with Crippen LogP contribution in [0, 0.1) is 5.92 Å². The van der Waals surface area contributed by atoms with Crippen LogP contribution in [-0.2, 0) is 10.4 Å². The molecule has 0 spiro atoms. The van der Waals surface area contributed by atoms with Crippen LogP contribution in [-0.4, -0.2) is 16.2 Å². The SMILES string of the molecule is C[C@@H](C(=O)O)[C@](C)(O)c1ccccc1. The Morgan fingerprint density at radius 3 is 2.29 bits per heavy atom. The zero-order valence-corrected chi connectivity index (χ0v) is 8.27. The molecule has 3 heteroatoms. The van der Waals surface area contributed by atoms with Crippen molar-refractivity contribution in [1.82, 2.24) is 0 Å². The lowest BCUT2D eigenvalue weighted by molar-refractivity contribution is -0.150. The second-order valence-corrected chi connectivity index (χ2v) is 3.57. The van der Waals surface area contributed by atoms with Crippen molar-refractivity contribution in [2.75, 3.05) is 0 Å². The number of rotatable bonds is 3. The molecule has 3 nitrogen and oxygen atoms in total. The van der Waals surface area contributed by atoms with Gasteiger partial charge in [0.05, 0.1) is 11.5 Å². The van der Waals surface area contributed by atoms with Crippen molar-refractivity contribution in [1.29, 1.82) is 0 Å². The normalized spacial score (nSPS) is 17.1. The van der Waals surface area contributed by atoms with E-state index in [4.69, 9.17) is 5.11 Å². The minimum absolute atomic E-state index is 0.620. The van der Waals surface area contributed by atoms with Crippen molar-refractivity contribution in [3.8, 4) is 0 Å². The molecule has 2 atom stereocenters. The minimum atomic E-state index is -1.33. The molecule has 14 heavy (non-hydrogen) atoms. The molecule has 0 unspecified atom stereocenters. The summed E-state index contributed by atoms with van der Waals surface area (Å²) in [6.07, 6.45) is 0. The van der Waals surface area contributed by atoms with Crippen LogP contribution in [0.15, 0.2) is 30.3 Å². The molecule has 0 aliphatic heterocycles. The lowest BCUT2D eigenvalue weighted by Crippen LogP contribution is -2.35. The van der Waals surface area contributed by atoms with Crippen LogP contribution in [0.25, 0.3) is 0 Å². The van der Waals surface area contributed by atoms with E-state index in [1.54, 1.807) is 24.3 Å². The van der Waals surface area contributed by atoms with Gasteiger partial charge in [-0.2, -0.15) is 0 Å². The summed E-state index contributed by atoms with van der Waals surface area (Å²) < 4.78 is 0. The van der Waals surface area contributed by atoms with Gasteiger partial charge >= 0.3 is 5.97 Å². The predicted molar refractivity (Wildman–Crippen MR) is 52.8 cm³/mol. The molecule has 0 aliphatic carbocycles. The second kappa shape index (κ2) is 3.80. The fourth-order valence-electron chi connectivity index (χ4n) is 1.27. The maximum Gasteiger partial charge on any atom is 0.309 e. The zero-order valence-electron chi connectivity index (χ0n) is 8.27. The van der Waals surface area contributed by atoms with E-state index >= 15 is 0 Å². The van der Waals surface area contributed by atoms with Crippen molar-refractivity contribution in [2.24, 2.45) is 5.92 Å². The number of aliphatic carboxylic acids is 1. The van der Waals surface area contributed by atoms with Crippen LogP contribution in [0.4, 0.5) is 0 Å². The van der Waals surface area contributed by atoms with Crippen LogP contribution < -0.4 is 0 Å². The molecule has 0 aromatic heterocycles. The number of carboxylic acid groups (broad SMARTS) is 1. The highest BCUT2D eigenvalue weighted by atomic mass is 16.4. The van der Waals surface area contributed by atoms with Gasteiger partial charge in [0.2, 0.25) is 0 Å². The lowest BCUT2D eigenvalue weighted by atomic mass is 9.84. The molecule has 0 amide bonds. The third-order valence-electron chi connectivity index (χ3n) is 2.57. The highest BCUT2D eigenvalue weighted by molar-refractivity contribution is 5.71. The molecule has 0 saturated heterocycles. The minimum Gasteiger partial charge on any atom is -0.481 e. The van der Waals surface area contributed by atoms with E-state index in [9.17, 15) is 9.90 Å². The van der Waals surface area contributed by atoms with Gasteiger partial charge in [0.15, 0.2) is 0 Å². The fraction of sp³-hybridized carbons (Fsp3) is 0.364. The van der Waals surface area contributed by atoms with Crippen molar-refractivity contribution >= 4 is 5.97 Å². The summed E-state index contributed by atoms with van der Waals surface area (Å²) in [5, 5.41) is 18.9. The van der Waals surface area contributed by atoms with Gasteiger partial charge in [-0.25, -0.2) is 0 Å². The molecule has 2 N–H and O–H groups in total. The van der Waals surface area contributed by atoms with Gasteiger partial charge in [-0.1, -0.05) is 30.3 Å². The van der Waals surface area contributed by atoms with Gasteiger partial charge in [-0.3, -0.25) is 4.79 Å². The first-order valence-electron chi connectivity index (χ1n) is 4.47. The summed E-state index contributed by atoms with van der Waals surface area (Å²) in [6.45, 7) is 3.01. The Kier molecular flexibility index (Phi) is 2.91. The molecule has 0 radical (unpaired) electrons. The number of carbonyl (C=O) groups is 1. The largest absolute Gasteiger partial charge is 0.481 e. The van der Waals surface area contributed by atoms with Gasteiger partial charge in [0, 0.05) is 0 Å². The Labute approximate surface area is 83.0 Å². The van der Waals surface area contributed by atoms with Crippen molar-refractivity contribution < 1.29 is 15.0 Å². The zero-order chi connectivity index (χ0) is 10.8. The number of carboxylic acids is 1. The smallest absolute Gasteiger partial charge is 0.309 e. The van der Waals surface area contributed by atoms with Crippen molar-refractivity contribution in [3.63, 3.8) is 0 Å². The number of hydrogen-bond acceptors (Lipinski definition) is 2. The Morgan fingerprint density at radius 2 is 1.86 bits per heavy atom. The highest BCUT2D eigenvalue weighted by Crippen LogP contribution is 2.28. The summed E-state index contributed by atoms with van der Waals surface area (Å²) in [6, 6.07) is 8.82. The van der Waals surface area contributed by atoms with Gasteiger partial charge in [0.25, 0.3) is 0 Å². The molecule has 0 saturated carbocycles. The monoisotopic (exact) mass is 194 g/mol. The fourth-order valence-corrected chi connectivity index (χ4v) is 1.27. The third-order valence-corrected chi connectivity index (χ3v) is 2.57. The lowest BCUT2D eigenvalue weighted by Gasteiger charge is -2.27. The number of hydrogen-bond donors (Lipinski definition) is 2. The molecule has 1 aromatic carbocycles. The summed E-state index contributed by atoms with van der Waals surface area (Å²) in [4.78, 5) is 10.8. The van der Waals surface area contributed by atoms with Gasteiger partial charge < -0.3 is 10.2 Å². The molecule has 1 rings (SSSR count). The molecular formula is C11H14O3. The van der Waals surface area contributed by atoms with Crippen molar-refractivity contribution in [3.05, 3.63) is 35.9 Å². The summed E-state index contributed by atoms with van der Waals surface area (Å²) >= 11 is 0. The Morgan fingerprint density at radius 1 is 1.36 bits per heavy atom. The van der Waals surface area contributed by atoms with E-state index in [0.717, 1.165) is 0 Å². The number of benzene rings is 1.